The molecule has 100 valence electrons. The molecular formula is C16H18FNO. The lowest BCUT2D eigenvalue weighted by Crippen LogP contribution is -2.11. The summed E-state index contributed by atoms with van der Waals surface area (Å²) in [5.74, 6) is 0.979. The molecule has 0 spiro atoms. The molecule has 3 heteroatoms. The van der Waals surface area contributed by atoms with Crippen LogP contribution in [0.25, 0.3) is 0 Å². The summed E-state index contributed by atoms with van der Waals surface area (Å²) < 4.78 is 18.8. The largest absolute Gasteiger partial charge is 0.457 e. The zero-order chi connectivity index (χ0) is 13.7. The molecule has 0 amide bonds. The zero-order valence-corrected chi connectivity index (χ0v) is 11.2. The van der Waals surface area contributed by atoms with Gasteiger partial charge in [-0.15, -0.1) is 0 Å². The molecule has 0 unspecified atom stereocenters. The molecule has 0 atom stereocenters. The molecule has 2 rings (SSSR count). The third kappa shape index (κ3) is 3.80. The minimum absolute atomic E-state index is 0.293. The molecule has 0 heterocycles. The van der Waals surface area contributed by atoms with Crippen LogP contribution in [0.15, 0.2) is 42.5 Å². The van der Waals surface area contributed by atoms with Crippen LogP contribution in [0.5, 0.6) is 11.5 Å². The van der Waals surface area contributed by atoms with Crippen LogP contribution in [0, 0.1) is 12.7 Å². The van der Waals surface area contributed by atoms with E-state index in [2.05, 4.69) is 18.3 Å². The van der Waals surface area contributed by atoms with Gasteiger partial charge >= 0.3 is 0 Å². The van der Waals surface area contributed by atoms with Gasteiger partial charge in [0.15, 0.2) is 0 Å². The van der Waals surface area contributed by atoms with Gasteiger partial charge in [-0.3, -0.25) is 0 Å². The average Bonchev–Trinajstić information content (AvgIpc) is 2.39. The standard InChI is InChI=1S/C16H18FNO/c1-3-18-11-13-7-8-16(12(2)9-13)19-15-6-4-5-14(17)10-15/h4-10,18H,3,11H2,1-2H3. The Morgan fingerprint density at radius 2 is 2.00 bits per heavy atom. The van der Waals surface area contributed by atoms with Crippen LogP contribution < -0.4 is 10.1 Å². The van der Waals surface area contributed by atoms with E-state index in [9.17, 15) is 4.39 Å². The quantitative estimate of drug-likeness (QED) is 0.875. The second-order valence-electron chi connectivity index (χ2n) is 4.44. The molecule has 0 aromatic heterocycles. The maximum absolute atomic E-state index is 13.1. The Balaban J connectivity index is 2.13. The number of benzene rings is 2. The molecule has 0 aliphatic carbocycles. The molecular weight excluding hydrogens is 241 g/mol. The second-order valence-corrected chi connectivity index (χ2v) is 4.44. The number of hydrogen-bond acceptors (Lipinski definition) is 2. The molecule has 0 bridgehead atoms. The first-order valence-corrected chi connectivity index (χ1v) is 6.42. The Kier molecular flexibility index (Phi) is 4.53. The highest BCUT2D eigenvalue weighted by Gasteiger charge is 2.03. The van der Waals surface area contributed by atoms with Crippen molar-refractivity contribution in [2.75, 3.05) is 6.54 Å². The molecule has 0 saturated heterocycles. The van der Waals surface area contributed by atoms with Crippen molar-refractivity contribution in [3.05, 3.63) is 59.4 Å². The molecule has 2 aromatic rings. The van der Waals surface area contributed by atoms with E-state index in [-0.39, 0.29) is 5.82 Å². The van der Waals surface area contributed by atoms with E-state index >= 15 is 0 Å². The zero-order valence-electron chi connectivity index (χ0n) is 11.2. The van der Waals surface area contributed by atoms with Gasteiger partial charge in [0.2, 0.25) is 0 Å². The summed E-state index contributed by atoms with van der Waals surface area (Å²) in [5.41, 5.74) is 2.26. The Morgan fingerprint density at radius 1 is 1.16 bits per heavy atom. The maximum Gasteiger partial charge on any atom is 0.130 e. The Morgan fingerprint density at radius 3 is 2.68 bits per heavy atom. The fourth-order valence-corrected chi connectivity index (χ4v) is 1.86. The van der Waals surface area contributed by atoms with Gasteiger partial charge in [0.05, 0.1) is 0 Å². The summed E-state index contributed by atoms with van der Waals surface area (Å²) >= 11 is 0. The summed E-state index contributed by atoms with van der Waals surface area (Å²) in [7, 11) is 0. The topological polar surface area (TPSA) is 21.3 Å². The van der Waals surface area contributed by atoms with Crippen molar-refractivity contribution in [1.82, 2.24) is 5.32 Å². The lowest BCUT2D eigenvalue weighted by Gasteiger charge is -2.10. The van der Waals surface area contributed by atoms with Crippen LogP contribution in [0.3, 0.4) is 0 Å². The van der Waals surface area contributed by atoms with E-state index < -0.39 is 0 Å². The van der Waals surface area contributed by atoms with Crippen LogP contribution >= 0.6 is 0 Å². The van der Waals surface area contributed by atoms with Crippen molar-refractivity contribution < 1.29 is 9.13 Å². The van der Waals surface area contributed by atoms with Crippen molar-refractivity contribution in [2.24, 2.45) is 0 Å². The summed E-state index contributed by atoms with van der Waals surface area (Å²) in [6.07, 6.45) is 0. The first-order chi connectivity index (χ1) is 9.19. The SMILES string of the molecule is CCNCc1ccc(Oc2cccc(F)c2)c(C)c1. The van der Waals surface area contributed by atoms with Gasteiger partial charge in [-0.25, -0.2) is 4.39 Å². The molecule has 2 nitrogen and oxygen atoms in total. The van der Waals surface area contributed by atoms with Crippen molar-refractivity contribution in [3.8, 4) is 11.5 Å². The molecule has 1 N–H and O–H groups in total. The van der Waals surface area contributed by atoms with E-state index in [4.69, 9.17) is 4.74 Å². The van der Waals surface area contributed by atoms with Crippen LogP contribution in [-0.2, 0) is 6.54 Å². The van der Waals surface area contributed by atoms with E-state index in [1.165, 1.54) is 17.7 Å². The van der Waals surface area contributed by atoms with Crippen molar-refractivity contribution in [2.45, 2.75) is 20.4 Å². The highest BCUT2D eigenvalue weighted by atomic mass is 19.1. The lowest BCUT2D eigenvalue weighted by atomic mass is 10.1. The molecule has 0 fully saturated rings. The molecule has 0 aliphatic heterocycles. The first-order valence-electron chi connectivity index (χ1n) is 6.42. The predicted octanol–water partition coefficient (Wildman–Crippen LogP) is 4.04. The summed E-state index contributed by atoms with van der Waals surface area (Å²) in [6.45, 7) is 5.86. The fourth-order valence-electron chi connectivity index (χ4n) is 1.86. The van der Waals surface area contributed by atoms with Gasteiger partial charge in [-0.1, -0.05) is 25.1 Å². The van der Waals surface area contributed by atoms with E-state index in [0.717, 1.165) is 24.4 Å². The first kappa shape index (κ1) is 13.6. The highest BCUT2D eigenvalue weighted by molar-refractivity contribution is 5.39. The third-order valence-electron chi connectivity index (χ3n) is 2.84. The van der Waals surface area contributed by atoms with Crippen LogP contribution in [0.1, 0.15) is 18.1 Å². The number of nitrogens with one attached hydrogen (secondary N) is 1. The van der Waals surface area contributed by atoms with Crippen LogP contribution in [0.2, 0.25) is 0 Å². The normalized spacial score (nSPS) is 10.5. The summed E-state index contributed by atoms with van der Waals surface area (Å²) in [6, 6.07) is 12.2. The van der Waals surface area contributed by atoms with Gasteiger partial charge in [-0.2, -0.15) is 0 Å². The summed E-state index contributed by atoms with van der Waals surface area (Å²) in [4.78, 5) is 0. The van der Waals surface area contributed by atoms with Crippen LogP contribution in [-0.4, -0.2) is 6.54 Å². The number of halogens is 1. The Labute approximate surface area is 113 Å². The fraction of sp³-hybridized carbons (Fsp3) is 0.250. The van der Waals surface area contributed by atoms with Gasteiger partial charge < -0.3 is 10.1 Å². The average molecular weight is 259 g/mol. The number of rotatable bonds is 5. The van der Waals surface area contributed by atoms with Gasteiger partial charge in [0.25, 0.3) is 0 Å². The third-order valence-corrected chi connectivity index (χ3v) is 2.84. The van der Waals surface area contributed by atoms with E-state index in [1.807, 2.05) is 19.1 Å². The number of hydrogen-bond donors (Lipinski definition) is 1. The Hall–Kier alpha value is -1.87. The van der Waals surface area contributed by atoms with Crippen molar-refractivity contribution >= 4 is 0 Å². The number of aryl methyl sites for hydroxylation is 1. The predicted molar refractivity (Wildman–Crippen MR) is 75.0 cm³/mol. The van der Waals surface area contributed by atoms with E-state index in [1.54, 1.807) is 12.1 Å². The molecule has 2 aromatic carbocycles. The van der Waals surface area contributed by atoms with E-state index in [0.29, 0.717) is 5.75 Å². The molecule has 0 aliphatic rings. The van der Waals surface area contributed by atoms with Crippen LogP contribution in [0.4, 0.5) is 4.39 Å². The van der Waals surface area contributed by atoms with Gasteiger partial charge in [0, 0.05) is 12.6 Å². The lowest BCUT2D eigenvalue weighted by molar-refractivity contribution is 0.473. The minimum Gasteiger partial charge on any atom is -0.457 e. The molecule has 0 saturated carbocycles. The number of ether oxygens (including phenoxy) is 1. The molecule has 0 radical (unpaired) electrons. The minimum atomic E-state index is -0.293. The summed E-state index contributed by atoms with van der Waals surface area (Å²) in [5, 5.41) is 3.28. The van der Waals surface area contributed by atoms with Gasteiger partial charge in [-0.05, 0) is 42.8 Å². The Bertz CT molecular complexity index is 554. The van der Waals surface area contributed by atoms with Crippen molar-refractivity contribution in [3.63, 3.8) is 0 Å². The monoisotopic (exact) mass is 259 g/mol. The second kappa shape index (κ2) is 6.34. The highest BCUT2D eigenvalue weighted by Crippen LogP contribution is 2.26. The van der Waals surface area contributed by atoms with Crippen molar-refractivity contribution in [1.29, 1.82) is 0 Å². The maximum atomic E-state index is 13.1. The smallest absolute Gasteiger partial charge is 0.130 e. The molecule has 19 heavy (non-hydrogen) atoms. The van der Waals surface area contributed by atoms with Gasteiger partial charge in [0.1, 0.15) is 17.3 Å².